The Kier molecular flexibility index (Phi) is 6.74. The van der Waals surface area contributed by atoms with Gasteiger partial charge >= 0.3 is 6.03 Å². The van der Waals surface area contributed by atoms with E-state index in [0.29, 0.717) is 6.54 Å². The summed E-state index contributed by atoms with van der Waals surface area (Å²) < 4.78 is 0. The first-order valence-corrected chi connectivity index (χ1v) is 8.61. The van der Waals surface area contributed by atoms with Gasteiger partial charge < -0.3 is 15.1 Å². The predicted octanol–water partition coefficient (Wildman–Crippen LogP) is 3.01. The second-order valence-corrected chi connectivity index (χ2v) is 6.07. The molecule has 0 aliphatic rings. The van der Waals surface area contributed by atoms with Gasteiger partial charge in [-0.25, -0.2) is 14.8 Å². The van der Waals surface area contributed by atoms with Crippen molar-refractivity contribution in [2.75, 3.05) is 31.6 Å². The standard InChI is InChI=1S/C19H27N5O/c1-5-24(17-8-6-7-15(2)13-17)12-11-21-19(25)23(4)16(3)18-9-10-20-14-22-18/h6-10,13-14,16H,5,11-12H2,1-4H3,(H,21,25)/t16-/m1/s1. The van der Waals surface area contributed by atoms with E-state index in [1.54, 1.807) is 18.1 Å². The number of urea groups is 1. The molecular weight excluding hydrogens is 314 g/mol. The summed E-state index contributed by atoms with van der Waals surface area (Å²) in [5.41, 5.74) is 3.24. The van der Waals surface area contributed by atoms with Gasteiger partial charge in [-0.3, -0.25) is 0 Å². The van der Waals surface area contributed by atoms with Gasteiger partial charge in [0.25, 0.3) is 0 Å². The van der Waals surface area contributed by atoms with Gasteiger partial charge in [-0.1, -0.05) is 12.1 Å². The fraction of sp³-hybridized carbons (Fsp3) is 0.421. The zero-order valence-electron chi connectivity index (χ0n) is 15.4. The lowest BCUT2D eigenvalue weighted by atomic mass is 10.2. The molecule has 0 unspecified atom stereocenters. The fourth-order valence-corrected chi connectivity index (χ4v) is 2.64. The number of rotatable bonds is 7. The molecule has 0 radical (unpaired) electrons. The van der Waals surface area contributed by atoms with E-state index in [1.807, 2.05) is 13.0 Å². The number of carbonyl (C=O) groups is 1. The number of hydrogen-bond acceptors (Lipinski definition) is 4. The topological polar surface area (TPSA) is 61.4 Å². The van der Waals surface area contributed by atoms with E-state index in [4.69, 9.17) is 0 Å². The molecule has 25 heavy (non-hydrogen) atoms. The van der Waals surface area contributed by atoms with Crippen LogP contribution < -0.4 is 10.2 Å². The molecule has 0 aliphatic heterocycles. The van der Waals surface area contributed by atoms with Crippen molar-refractivity contribution in [1.82, 2.24) is 20.2 Å². The van der Waals surface area contributed by atoms with Gasteiger partial charge in [-0.15, -0.1) is 0 Å². The summed E-state index contributed by atoms with van der Waals surface area (Å²) in [6, 6.07) is 10.0. The molecule has 2 rings (SSSR count). The number of anilines is 1. The lowest BCUT2D eigenvalue weighted by molar-refractivity contribution is 0.193. The van der Waals surface area contributed by atoms with Gasteiger partial charge in [0, 0.05) is 38.6 Å². The van der Waals surface area contributed by atoms with E-state index in [-0.39, 0.29) is 12.1 Å². The van der Waals surface area contributed by atoms with Crippen LogP contribution in [0.25, 0.3) is 0 Å². The molecule has 0 spiro atoms. The number of aromatic nitrogens is 2. The van der Waals surface area contributed by atoms with Crippen LogP contribution in [0.3, 0.4) is 0 Å². The van der Waals surface area contributed by atoms with E-state index in [2.05, 4.69) is 58.3 Å². The number of amides is 2. The number of benzene rings is 1. The van der Waals surface area contributed by atoms with Crippen LogP contribution in [0.15, 0.2) is 42.9 Å². The van der Waals surface area contributed by atoms with Gasteiger partial charge in [0.05, 0.1) is 11.7 Å². The van der Waals surface area contributed by atoms with Gasteiger partial charge in [-0.05, 0) is 44.5 Å². The molecule has 0 saturated carbocycles. The van der Waals surface area contributed by atoms with E-state index >= 15 is 0 Å². The van der Waals surface area contributed by atoms with Crippen molar-refractivity contribution in [3.8, 4) is 0 Å². The molecule has 2 aromatic rings. The highest BCUT2D eigenvalue weighted by molar-refractivity contribution is 5.74. The monoisotopic (exact) mass is 341 g/mol. The van der Waals surface area contributed by atoms with Crippen LogP contribution >= 0.6 is 0 Å². The number of aryl methyl sites for hydroxylation is 1. The molecule has 134 valence electrons. The first kappa shape index (κ1) is 18.7. The van der Waals surface area contributed by atoms with Crippen molar-refractivity contribution in [2.24, 2.45) is 0 Å². The molecule has 0 fully saturated rings. The summed E-state index contributed by atoms with van der Waals surface area (Å²) in [4.78, 5) is 24.4. The maximum atomic E-state index is 12.4. The summed E-state index contributed by atoms with van der Waals surface area (Å²) >= 11 is 0. The van der Waals surface area contributed by atoms with E-state index in [0.717, 1.165) is 18.8 Å². The third-order valence-electron chi connectivity index (χ3n) is 4.34. The van der Waals surface area contributed by atoms with Crippen LogP contribution in [0.4, 0.5) is 10.5 Å². The zero-order valence-corrected chi connectivity index (χ0v) is 15.4. The summed E-state index contributed by atoms with van der Waals surface area (Å²) in [7, 11) is 1.78. The molecule has 2 amide bonds. The highest BCUT2D eigenvalue weighted by Gasteiger charge is 2.18. The van der Waals surface area contributed by atoms with Gasteiger partial charge in [0.2, 0.25) is 0 Å². The number of nitrogens with zero attached hydrogens (tertiary/aromatic N) is 4. The molecule has 0 saturated heterocycles. The summed E-state index contributed by atoms with van der Waals surface area (Å²) in [5.74, 6) is 0. The minimum atomic E-state index is -0.109. The Morgan fingerprint density at radius 2 is 2.12 bits per heavy atom. The van der Waals surface area contributed by atoms with Crippen molar-refractivity contribution in [3.05, 3.63) is 54.1 Å². The van der Waals surface area contributed by atoms with Gasteiger partial charge in [0.1, 0.15) is 6.33 Å². The Balaban J connectivity index is 1.86. The first-order chi connectivity index (χ1) is 12.0. The zero-order chi connectivity index (χ0) is 18.2. The van der Waals surface area contributed by atoms with E-state index < -0.39 is 0 Å². The van der Waals surface area contributed by atoms with Crippen molar-refractivity contribution in [1.29, 1.82) is 0 Å². The largest absolute Gasteiger partial charge is 0.370 e. The van der Waals surface area contributed by atoms with Crippen LogP contribution in [0.1, 0.15) is 31.1 Å². The normalized spacial score (nSPS) is 11.7. The fourth-order valence-electron chi connectivity index (χ4n) is 2.64. The summed E-state index contributed by atoms with van der Waals surface area (Å²) in [6.07, 6.45) is 3.18. The van der Waals surface area contributed by atoms with E-state index in [9.17, 15) is 4.79 Å². The van der Waals surface area contributed by atoms with Crippen molar-refractivity contribution in [2.45, 2.75) is 26.8 Å². The van der Waals surface area contributed by atoms with Crippen LogP contribution in [-0.2, 0) is 0 Å². The number of nitrogens with one attached hydrogen (secondary N) is 1. The lowest BCUT2D eigenvalue weighted by Gasteiger charge is -2.27. The molecule has 1 aromatic carbocycles. The average Bonchev–Trinajstić information content (AvgIpc) is 2.64. The Labute approximate surface area is 149 Å². The molecule has 0 aliphatic carbocycles. The Hall–Kier alpha value is -2.63. The SMILES string of the molecule is CCN(CCNC(=O)N(C)[C@H](C)c1ccncn1)c1cccc(C)c1. The third-order valence-corrected chi connectivity index (χ3v) is 4.34. The van der Waals surface area contributed by atoms with Crippen LogP contribution in [-0.4, -0.2) is 47.6 Å². The van der Waals surface area contributed by atoms with Gasteiger partial charge in [0.15, 0.2) is 0 Å². The van der Waals surface area contributed by atoms with Crippen molar-refractivity contribution < 1.29 is 4.79 Å². The molecule has 1 aromatic heterocycles. The molecule has 1 N–H and O–H groups in total. The quantitative estimate of drug-likeness (QED) is 0.841. The number of likely N-dealkylation sites (N-methyl/N-ethyl adjacent to an activating group) is 1. The minimum Gasteiger partial charge on any atom is -0.370 e. The van der Waals surface area contributed by atoms with Gasteiger partial charge in [-0.2, -0.15) is 0 Å². The molecule has 6 nitrogen and oxygen atoms in total. The smallest absolute Gasteiger partial charge is 0.317 e. The number of carbonyl (C=O) groups excluding carboxylic acids is 1. The van der Waals surface area contributed by atoms with E-state index in [1.165, 1.54) is 17.6 Å². The van der Waals surface area contributed by atoms with Crippen LogP contribution in [0.2, 0.25) is 0 Å². The number of hydrogen-bond donors (Lipinski definition) is 1. The predicted molar refractivity (Wildman–Crippen MR) is 101 cm³/mol. The summed E-state index contributed by atoms with van der Waals surface area (Å²) in [5, 5.41) is 2.98. The third kappa shape index (κ3) is 5.17. The molecular formula is C19H27N5O. The Bertz CT molecular complexity index is 677. The molecule has 1 heterocycles. The average molecular weight is 341 g/mol. The maximum absolute atomic E-state index is 12.4. The molecule has 6 heteroatoms. The highest BCUT2D eigenvalue weighted by atomic mass is 16.2. The highest BCUT2D eigenvalue weighted by Crippen LogP contribution is 2.16. The summed E-state index contributed by atoms with van der Waals surface area (Å²) in [6.45, 7) is 8.40. The first-order valence-electron chi connectivity index (χ1n) is 8.61. The Morgan fingerprint density at radius 1 is 1.32 bits per heavy atom. The molecule has 1 atom stereocenters. The Morgan fingerprint density at radius 3 is 2.76 bits per heavy atom. The second-order valence-electron chi connectivity index (χ2n) is 6.07. The van der Waals surface area contributed by atoms with Crippen LogP contribution in [0.5, 0.6) is 0 Å². The lowest BCUT2D eigenvalue weighted by Crippen LogP contribution is -2.42. The maximum Gasteiger partial charge on any atom is 0.317 e. The van der Waals surface area contributed by atoms with Crippen molar-refractivity contribution in [3.63, 3.8) is 0 Å². The molecule has 0 bridgehead atoms. The van der Waals surface area contributed by atoms with Crippen molar-refractivity contribution >= 4 is 11.7 Å². The minimum absolute atomic E-state index is 0.105. The second kappa shape index (κ2) is 9.01. The van der Waals surface area contributed by atoms with Crippen LogP contribution in [0, 0.1) is 6.92 Å².